The molecule has 1 aromatic rings. The molecule has 0 N–H and O–H groups in total. The van der Waals surface area contributed by atoms with Gasteiger partial charge in [0.1, 0.15) is 18.1 Å². The van der Waals surface area contributed by atoms with Crippen molar-refractivity contribution >= 4 is 0 Å². The van der Waals surface area contributed by atoms with Gasteiger partial charge >= 0.3 is 0 Å². The first kappa shape index (κ1) is 7.43. The summed E-state index contributed by atoms with van der Waals surface area (Å²) in [4.78, 5) is 0. The van der Waals surface area contributed by atoms with Gasteiger partial charge in [-0.15, -0.1) is 0 Å². The maximum absolute atomic E-state index is 5.35. The molecule has 1 aliphatic heterocycles. The van der Waals surface area contributed by atoms with Crippen LogP contribution in [0, 0.1) is 0 Å². The van der Waals surface area contributed by atoms with E-state index in [1.54, 1.807) is 7.11 Å². The van der Waals surface area contributed by atoms with Crippen LogP contribution in [-0.4, -0.2) is 20.0 Å². The predicted octanol–water partition coefficient (Wildman–Crippen LogP) is 1.43. The number of methoxy groups -OCH3 is 1. The second-order valence-corrected chi connectivity index (χ2v) is 2.56. The predicted molar refractivity (Wildman–Crippen MR) is 43.4 cm³/mol. The molecule has 0 radical (unpaired) electrons. The number of hydrogen-bond donors (Lipinski definition) is 0. The van der Waals surface area contributed by atoms with Crippen LogP contribution >= 0.6 is 0 Å². The van der Waals surface area contributed by atoms with E-state index >= 15 is 0 Å². The maximum atomic E-state index is 5.35. The Morgan fingerprint density at radius 2 is 1.83 bits per heavy atom. The second-order valence-electron chi connectivity index (χ2n) is 2.56. The molecule has 0 unspecified atom stereocenters. The Morgan fingerprint density at radius 1 is 1.25 bits per heavy atom. The molecule has 0 aromatic heterocycles. The largest absolute Gasteiger partial charge is 0.497 e. The van der Waals surface area contributed by atoms with Crippen molar-refractivity contribution in [3.63, 3.8) is 0 Å². The van der Waals surface area contributed by atoms with Crippen LogP contribution in [-0.2, 0) is 4.74 Å². The number of benzene rings is 1. The highest BCUT2D eigenvalue weighted by molar-refractivity contribution is 5.31. The third-order valence-electron chi connectivity index (χ3n) is 1.63. The van der Waals surface area contributed by atoms with Crippen LogP contribution in [0.1, 0.15) is 0 Å². The van der Waals surface area contributed by atoms with Gasteiger partial charge in [-0.05, 0) is 24.3 Å². The Labute approximate surface area is 70.9 Å². The molecule has 1 fully saturated rings. The molecule has 0 saturated carbocycles. The number of ether oxygens (including phenoxy) is 3. The summed E-state index contributed by atoms with van der Waals surface area (Å²) in [6.07, 6.45) is -0.0293. The molecule has 1 heterocycles. The van der Waals surface area contributed by atoms with E-state index in [1.807, 2.05) is 24.3 Å². The van der Waals surface area contributed by atoms with Crippen molar-refractivity contribution in [1.82, 2.24) is 0 Å². The fourth-order valence-corrected chi connectivity index (χ4v) is 0.913. The van der Waals surface area contributed by atoms with E-state index in [0.717, 1.165) is 11.5 Å². The lowest BCUT2D eigenvalue weighted by molar-refractivity contribution is 0.179. The van der Waals surface area contributed by atoms with Gasteiger partial charge in [-0.3, -0.25) is 0 Å². The van der Waals surface area contributed by atoms with Gasteiger partial charge in [-0.25, -0.2) is 0 Å². The van der Waals surface area contributed by atoms with Gasteiger partial charge in [0.15, 0.2) is 0 Å². The van der Waals surface area contributed by atoms with E-state index < -0.39 is 0 Å². The highest BCUT2D eigenvalue weighted by Crippen LogP contribution is 2.21. The van der Waals surface area contributed by atoms with Crippen molar-refractivity contribution < 1.29 is 14.2 Å². The lowest BCUT2D eigenvalue weighted by atomic mass is 10.3. The van der Waals surface area contributed by atoms with Crippen LogP contribution in [0.15, 0.2) is 24.3 Å². The zero-order chi connectivity index (χ0) is 8.39. The van der Waals surface area contributed by atoms with E-state index in [9.17, 15) is 0 Å². The lowest BCUT2D eigenvalue weighted by Crippen LogP contribution is -1.97. The van der Waals surface area contributed by atoms with E-state index in [0.29, 0.717) is 6.61 Å². The second kappa shape index (κ2) is 3.03. The summed E-state index contributed by atoms with van der Waals surface area (Å²) in [6, 6.07) is 7.44. The van der Waals surface area contributed by atoms with Crippen molar-refractivity contribution in [1.29, 1.82) is 0 Å². The van der Waals surface area contributed by atoms with Crippen LogP contribution in [0.2, 0.25) is 0 Å². The summed E-state index contributed by atoms with van der Waals surface area (Å²) in [7, 11) is 1.64. The highest BCUT2D eigenvalue weighted by atomic mass is 16.8. The minimum Gasteiger partial charge on any atom is -0.497 e. The fraction of sp³-hybridized carbons (Fsp3) is 0.333. The Balaban J connectivity index is 2.02. The molecule has 0 aliphatic carbocycles. The Kier molecular flexibility index (Phi) is 1.87. The smallest absolute Gasteiger partial charge is 0.223 e. The summed E-state index contributed by atoms with van der Waals surface area (Å²) in [5, 5.41) is 0. The van der Waals surface area contributed by atoms with E-state index in [1.165, 1.54) is 0 Å². The minimum absolute atomic E-state index is 0.0293. The Bertz CT molecular complexity index is 251. The molecule has 1 atom stereocenters. The zero-order valence-electron chi connectivity index (χ0n) is 6.82. The van der Waals surface area contributed by atoms with Crippen molar-refractivity contribution in [2.75, 3.05) is 13.7 Å². The molecule has 3 nitrogen and oxygen atoms in total. The number of rotatable bonds is 3. The van der Waals surface area contributed by atoms with Crippen LogP contribution in [0.4, 0.5) is 0 Å². The first-order valence-corrected chi connectivity index (χ1v) is 3.81. The van der Waals surface area contributed by atoms with E-state index in [2.05, 4.69) is 0 Å². The highest BCUT2D eigenvalue weighted by Gasteiger charge is 2.24. The van der Waals surface area contributed by atoms with Gasteiger partial charge in [0.2, 0.25) is 6.29 Å². The molecule has 0 spiro atoms. The Morgan fingerprint density at radius 3 is 2.33 bits per heavy atom. The summed E-state index contributed by atoms with van der Waals surface area (Å²) in [5.41, 5.74) is 0. The SMILES string of the molecule is COc1ccc(O[C@@H]2CO2)cc1. The molecular formula is C9H10O3. The minimum atomic E-state index is -0.0293. The number of hydrogen-bond acceptors (Lipinski definition) is 3. The molecule has 3 heteroatoms. The van der Waals surface area contributed by atoms with Crippen LogP contribution < -0.4 is 9.47 Å². The fourth-order valence-electron chi connectivity index (χ4n) is 0.913. The molecule has 64 valence electrons. The van der Waals surface area contributed by atoms with Gasteiger partial charge < -0.3 is 14.2 Å². The Hall–Kier alpha value is -1.22. The molecule has 0 amide bonds. The summed E-state index contributed by atoms with van der Waals surface area (Å²) in [5.74, 6) is 1.65. The van der Waals surface area contributed by atoms with Crippen molar-refractivity contribution in [3.05, 3.63) is 24.3 Å². The lowest BCUT2D eigenvalue weighted by Gasteiger charge is -2.02. The van der Waals surface area contributed by atoms with Gasteiger partial charge in [0.05, 0.1) is 7.11 Å². The van der Waals surface area contributed by atoms with Gasteiger partial charge in [0.25, 0.3) is 0 Å². The molecule has 1 aromatic carbocycles. The number of epoxide rings is 1. The molecule has 12 heavy (non-hydrogen) atoms. The maximum Gasteiger partial charge on any atom is 0.223 e. The molecular weight excluding hydrogens is 156 g/mol. The third-order valence-corrected chi connectivity index (χ3v) is 1.63. The molecule has 1 saturated heterocycles. The van der Waals surface area contributed by atoms with Crippen LogP contribution in [0.25, 0.3) is 0 Å². The molecule has 0 bridgehead atoms. The zero-order valence-corrected chi connectivity index (χ0v) is 6.82. The normalized spacial score (nSPS) is 20.2. The van der Waals surface area contributed by atoms with Gasteiger partial charge in [-0.2, -0.15) is 0 Å². The first-order chi connectivity index (χ1) is 5.88. The van der Waals surface area contributed by atoms with Crippen molar-refractivity contribution in [2.45, 2.75) is 6.29 Å². The van der Waals surface area contributed by atoms with E-state index in [-0.39, 0.29) is 6.29 Å². The quantitative estimate of drug-likeness (QED) is 0.636. The van der Waals surface area contributed by atoms with Gasteiger partial charge in [0, 0.05) is 0 Å². The van der Waals surface area contributed by atoms with Crippen LogP contribution in [0.5, 0.6) is 11.5 Å². The summed E-state index contributed by atoms with van der Waals surface area (Å²) >= 11 is 0. The molecule has 1 aliphatic rings. The average Bonchev–Trinajstić information content (AvgIpc) is 2.90. The topological polar surface area (TPSA) is 31.0 Å². The first-order valence-electron chi connectivity index (χ1n) is 3.81. The monoisotopic (exact) mass is 166 g/mol. The van der Waals surface area contributed by atoms with Crippen LogP contribution in [0.3, 0.4) is 0 Å². The van der Waals surface area contributed by atoms with Crippen molar-refractivity contribution in [3.8, 4) is 11.5 Å². The standard InChI is InChI=1S/C9H10O3/c1-10-7-2-4-8(5-3-7)12-9-6-11-9/h2-5,9H,6H2,1H3/t9-/m1/s1. The van der Waals surface area contributed by atoms with Crippen molar-refractivity contribution in [2.24, 2.45) is 0 Å². The van der Waals surface area contributed by atoms with Gasteiger partial charge in [-0.1, -0.05) is 0 Å². The third kappa shape index (κ3) is 1.68. The van der Waals surface area contributed by atoms with E-state index in [4.69, 9.17) is 14.2 Å². The molecule has 2 rings (SSSR count). The average molecular weight is 166 g/mol. The summed E-state index contributed by atoms with van der Waals surface area (Å²) in [6.45, 7) is 0.700. The summed E-state index contributed by atoms with van der Waals surface area (Å²) < 4.78 is 15.3.